The van der Waals surface area contributed by atoms with Crippen molar-refractivity contribution in [2.75, 3.05) is 0 Å². The fourth-order valence-corrected chi connectivity index (χ4v) is 2.37. The van der Waals surface area contributed by atoms with Crippen molar-refractivity contribution in [2.45, 2.75) is 18.8 Å². The lowest BCUT2D eigenvalue weighted by Crippen LogP contribution is -2.23. The number of hydrogen-bond donors (Lipinski definition) is 2. The number of imidazole rings is 1. The molecule has 0 aromatic carbocycles. The Kier molecular flexibility index (Phi) is 2.17. The van der Waals surface area contributed by atoms with Crippen molar-refractivity contribution in [1.29, 1.82) is 0 Å². The second kappa shape index (κ2) is 3.89. The lowest BCUT2D eigenvalue weighted by Gasteiger charge is -2.05. The highest BCUT2D eigenvalue weighted by Gasteiger charge is 2.27. The van der Waals surface area contributed by atoms with E-state index < -0.39 is 11.2 Å². The van der Waals surface area contributed by atoms with Gasteiger partial charge < -0.3 is 4.98 Å². The number of aromatic amines is 2. The SMILES string of the molecule is O=c1[nH]cc(-c2cc(C3CC3)c3nccn3n2)c(=O)[nH]1. The van der Waals surface area contributed by atoms with E-state index in [2.05, 4.69) is 20.1 Å². The van der Waals surface area contributed by atoms with Crippen molar-refractivity contribution in [1.82, 2.24) is 24.6 Å². The molecule has 1 aliphatic rings. The van der Waals surface area contributed by atoms with Crippen LogP contribution >= 0.6 is 0 Å². The van der Waals surface area contributed by atoms with Crippen LogP contribution in [0.1, 0.15) is 24.3 Å². The molecule has 1 fully saturated rings. The monoisotopic (exact) mass is 269 g/mol. The molecule has 0 atom stereocenters. The zero-order valence-electron chi connectivity index (χ0n) is 10.5. The van der Waals surface area contributed by atoms with E-state index in [9.17, 15) is 9.59 Å². The summed E-state index contributed by atoms with van der Waals surface area (Å²) >= 11 is 0. The molecular weight excluding hydrogens is 258 g/mol. The van der Waals surface area contributed by atoms with Gasteiger partial charge in [0, 0.05) is 24.2 Å². The average Bonchev–Trinajstić information content (AvgIpc) is 3.15. The number of nitrogens with zero attached hydrogens (tertiary/aromatic N) is 3. The molecule has 0 aliphatic heterocycles. The minimum atomic E-state index is -0.523. The Morgan fingerprint density at radius 2 is 2.15 bits per heavy atom. The number of fused-ring (bicyclic) bond motifs is 1. The van der Waals surface area contributed by atoms with E-state index in [0.29, 0.717) is 17.2 Å². The highest BCUT2D eigenvalue weighted by molar-refractivity contribution is 5.62. The summed E-state index contributed by atoms with van der Waals surface area (Å²) < 4.78 is 1.67. The number of aromatic nitrogens is 5. The van der Waals surface area contributed by atoms with Crippen molar-refractivity contribution < 1.29 is 0 Å². The van der Waals surface area contributed by atoms with E-state index in [4.69, 9.17) is 0 Å². The van der Waals surface area contributed by atoms with Crippen LogP contribution in [-0.4, -0.2) is 24.6 Å². The van der Waals surface area contributed by atoms with E-state index in [1.165, 1.54) is 6.20 Å². The molecule has 0 saturated heterocycles. The Bertz CT molecular complexity index is 916. The first-order valence-corrected chi connectivity index (χ1v) is 6.39. The van der Waals surface area contributed by atoms with Gasteiger partial charge in [0.05, 0.1) is 11.3 Å². The smallest absolute Gasteiger partial charge is 0.313 e. The maximum atomic E-state index is 11.9. The van der Waals surface area contributed by atoms with Crippen LogP contribution in [0.3, 0.4) is 0 Å². The third-order valence-electron chi connectivity index (χ3n) is 3.50. The first-order chi connectivity index (χ1) is 9.72. The van der Waals surface area contributed by atoms with E-state index >= 15 is 0 Å². The Morgan fingerprint density at radius 1 is 1.30 bits per heavy atom. The highest BCUT2D eigenvalue weighted by atomic mass is 16.2. The maximum Gasteiger partial charge on any atom is 0.325 e. The van der Waals surface area contributed by atoms with E-state index in [-0.39, 0.29) is 0 Å². The third kappa shape index (κ3) is 1.67. The summed E-state index contributed by atoms with van der Waals surface area (Å²) in [6.07, 6.45) is 7.10. The van der Waals surface area contributed by atoms with Gasteiger partial charge in [0.25, 0.3) is 5.56 Å². The van der Waals surface area contributed by atoms with Crippen LogP contribution in [0.5, 0.6) is 0 Å². The largest absolute Gasteiger partial charge is 0.325 e. The molecule has 1 aliphatic carbocycles. The lowest BCUT2D eigenvalue weighted by atomic mass is 10.1. The fourth-order valence-electron chi connectivity index (χ4n) is 2.37. The number of nitrogens with one attached hydrogen (secondary N) is 2. The van der Waals surface area contributed by atoms with E-state index in [1.807, 2.05) is 6.07 Å². The molecule has 7 heteroatoms. The van der Waals surface area contributed by atoms with Crippen molar-refractivity contribution in [2.24, 2.45) is 0 Å². The van der Waals surface area contributed by atoms with Gasteiger partial charge in [-0.2, -0.15) is 5.10 Å². The summed E-state index contributed by atoms with van der Waals surface area (Å²) in [5.74, 6) is 0.489. The molecule has 4 rings (SSSR count). The van der Waals surface area contributed by atoms with Crippen LogP contribution in [0, 0.1) is 0 Å². The summed E-state index contributed by atoms with van der Waals surface area (Å²) in [5.41, 5.74) is 1.85. The van der Waals surface area contributed by atoms with Gasteiger partial charge >= 0.3 is 5.69 Å². The van der Waals surface area contributed by atoms with Gasteiger partial charge in [-0.05, 0) is 24.8 Å². The molecule has 7 nitrogen and oxygen atoms in total. The van der Waals surface area contributed by atoms with Crippen LogP contribution in [-0.2, 0) is 0 Å². The molecule has 20 heavy (non-hydrogen) atoms. The molecule has 0 radical (unpaired) electrons. The van der Waals surface area contributed by atoms with Crippen molar-refractivity contribution >= 4 is 5.65 Å². The maximum absolute atomic E-state index is 11.9. The third-order valence-corrected chi connectivity index (χ3v) is 3.50. The Hall–Kier alpha value is -2.70. The van der Waals surface area contributed by atoms with Gasteiger partial charge in [-0.3, -0.25) is 9.78 Å². The molecule has 0 unspecified atom stereocenters. The second-order valence-electron chi connectivity index (χ2n) is 4.94. The van der Waals surface area contributed by atoms with Gasteiger partial charge in [0.2, 0.25) is 0 Å². The number of rotatable bonds is 2. The number of H-pyrrole nitrogens is 2. The van der Waals surface area contributed by atoms with Crippen LogP contribution < -0.4 is 11.2 Å². The van der Waals surface area contributed by atoms with Crippen LogP contribution in [0.15, 0.2) is 34.2 Å². The van der Waals surface area contributed by atoms with E-state index in [0.717, 1.165) is 24.1 Å². The molecule has 2 N–H and O–H groups in total. The predicted octanol–water partition coefficient (Wildman–Crippen LogP) is 0.650. The van der Waals surface area contributed by atoms with Crippen LogP contribution in [0.25, 0.3) is 16.9 Å². The first-order valence-electron chi connectivity index (χ1n) is 6.39. The zero-order chi connectivity index (χ0) is 13.7. The Balaban J connectivity index is 1.99. The Labute approximate surface area is 112 Å². The van der Waals surface area contributed by atoms with Crippen molar-refractivity contribution in [3.8, 4) is 11.3 Å². The lowest BCUT2D eigenvalue weighted by molar-refractivity contribution is 0.913. The normalized spacial score (nSPS) is 14.8. The zero-order valence-corrected chi connectivity index (χ0v) is 10.5. The molecular formula is C13H11N5O2. The summed E-state index contributed by atoms with van der Waals surface area (Å²) in [4.78, 5) is 31.9. The van der Waals surface area contributed by atoms with Crippen LogP contribution in [0.4, 0.5) is 0 Å². The summed E-state index contributed by atoms with van der Waals surface area (Å²) in [7, 11) is 0. The Morgan fingerprint density at radius 3 is 2.90 bits per heavy atom. The minimum Gasteiger partial charge on any atom is -0.313 e. The quantitative estimate of drug-likeness (QED) is 0.714. The number of hydrogen-bond acceptors (Lipinski definition) is 4. The topological polar surface area (TPSA) is 95.9 Å². The standard InChI is InChI=1S/C13H11N5O2/c19-12-9(6-15-13(20)16-12)10-5-8(7-1-2-7)11-14-3-4-18(11)17-10/h3-7H,1-2H2,(H2,15,16,19,20). The summed E-state index contributed by atoms with van der Waals surface area (Å²) in [6.45, 7) is 0. The molecule has 0 bridgehead atoms. The average molecular weight is 269 g/mol. The summed E-state index contributed by atoms with van der Waals surface area (Å²) in [6, 6.07) is 1.89. The highest BCUT2D eigenvalue weighted by Crippen LogP contribution is 2.42. The van der Waals surface area contributed by atoms with Gasteiger partial charge in [-0.1, -0.05) is 0 Å². The van der Waals surface area contributed by atoms with Gasteiger partial charge in [0.15, 0.2) is 5.65 Å². The second-order valence-corrected chi connectivity index (χ2v) is 4.94. The van der Waals surface area contributed by atoms with Crippen LogP contribution in [0.2, 0.25) is 0 Å². The predicted molar refractivity (Wildman–Crippen MR) is 71.6 cm³/mol. The molecule has 3 heterocycles. The molecule has 1 saturated carbocycles. The van der Waals surface area contributed by atoms with Crippen molar-refractivity contribution in [3.63, 3.8) is 0 Å². The van der Waals surface area contributed by atoms with Gasteiger partial charge in [-0.15, -0.1) is 0 Å². The minimum absolute atomic E-state index is 0.349. The molecule has 3 aromatic rings. The van der Waals surface area contributed by atoms with Gasteiger partial charge in [-0.25, -0.2) is 14.3 Å². The fraction of sp³-hybridized carbons (Fsp3) is 0.231. The van der Waals surface area contributed by atoms with E-state index in [1.54, 1.807) is 16.9 Å². The molecule has 3 aromatic heterocycles. The molecule has 0 spiro atoms. The van der Waals surface area contributed by atoms with Gasteiger partial charge in [0.1, 0.15) is 0 Å². The molecule has 0 amide bonds. The summed E-state index contributed by atoms with van der Waals surface area (Å²) in [5, 5.41) is 4.38. The molecule has 100 valence electrons. The van der Waals surface area contributed by atoms with Crippen molar-refractivity contribution in [3.05, 3.63) is 51.1 Å². The first kappa shape index (κ1) is 11.2.